The highest BCUT2D eigenvalue weighted by Crippen LogP contribution is 2.28. The predicted octanol–water partition coefficient (Wildman–Crippen LogP) is 5.58. The average Bonchev–Trinajstić information content (AvgIpc) is 3.11. The fourth-order valence-corrected chi connectivity index (χ4v) is 2.77. The van der Waals surface area contributed by atoms with Gasteiger partial charge in [-0.2, -0.15) is 0 Å². The first-order valence-electron chi connectivity index (χ1n) is 7.48. The molecule has 110 valence electrons. The van der Waals surface area contributed by atoms with E-state index in [9.17, 15) is 4.79 Å². The summed E-state index contributed by atoms with van der Waals surface area (Å²) in [5, 5.41) is 2.47. The van der Waals surface area contributed by atoms with E-state index >= 15 is 0 Å². The minimum atomic E-state index is 0.346. The van der Waals surface area contributed by atoms with Gasteiger partial charge in [0.1, 0.15) is 5.76 Å². The summed E-state index contributed by atoms with van der Waals surface area (Å²) < 4.78 is 5.45. The third-order valence-electron chi connectivity index (χ3n) is 4.00. The molecule has 0 radical (unpaired) electrons. The number of hydrogen-bond acceptors (Lipinski definition) is 2. The van der Waals surface area contributed by atoms with Gasteiger partial charge < -0.3 is 4.42 Å². The summed E-state index contributed by atoms with van der Waals surface area (Å²) in [7, 11) is 0. The highest BCUT2D eigenvalue weighted by Gasteiger charge is 2.05. The molecule has 1 aromatic heterocycles. The third kappa shape index (κ3) is 2.55. The van der Waals surface area contributed by atoms with Gasteiger partial charge in [0.25, 0.3) is 0 Å². The number of carbonyl (C=O) groups is 1. The van der Waals surface area contributed by atoms with Crippen LogP contribution < -0.4 is 0 Å². The van der Waals surface area contributed by atoms with Gasteiger partial charge in [0.15, 0.2) is 12.0 Å². The van der Waals surface area contributed by atoms with E-state index in [1.807, 2.05) is 24.3 Å². The molecule has 0 saturated carbocycles. The number of furan rings is 1. The van der Waals surface area contributed by atoms with Gasteiger partial charge in [-0.15, -0.1) is 0 Å². The van der Waals surface area contributed by atoms with Gasteiger partial charge >= 0.3 is 0 Å². The molecule has 0 aliphatic rings. The number of fused-ring (bicyclic) bond motifs is 1. The fourth-order valence-electron chi connectivity index (χ4n) is 2.77. The molecule has 0 fully saturated rings. The van der Waals surface area contributed by atoms with Crippen molar-refractivity contribution in [3.05, 3.63) is 84.6 Å². The number of benzene rings is 3. The van der Waals surface area contributed by atoms with E-state index in [1.165, 1.54) is 16.3 Å². The fraction of sp³-hybridized carbons (Fsp3) is 0. The Bertz CT molecular complexity index is 978. The lowest BCUT2D eigenvalue weighted by molar-refractivity contribution is 0.110. The third-order valence-corrected chi connectivity index (χ3v) is 4.00. The molecule has 2 heteroatoms. The van der Waals surface area contributed by atoms with E-state index in [0.29, 0.717) is 17.8 Å². The van der Waals surface area contributed by atoms with Gasteiger partial charge in [-0.3, -0.25) is 4.79 Å². The summed E-state index contributed by atoms with van der Waals surface area (Å²) >= 11 is 0. The first-order valence-corrected chi connectivity index (χ1v) is 7.48. The van der Waals surface area contributed by atoms with Crippen LogP contribution in [0.25, 0.3) is 33.2 Å². The van der Waals surface area contributed by atoms with Gasteiger partial charge in [-0.1, -0.05) is 60.7 Å². The molecule has 0 aliphatic carbocycles. The minimum absolute atomic E-state index is 0.346. The molecule has 2 nitrogen and oxygen atoms in total. The maximum Gasteiger partial charge on any atom is 0.185 e. The molecule has 3 aromatic carbocycles. The van der Waals surface area contributed by atoms with Crippen molar-refractivity contribution in [3.8, 4) is 22.5 Å². The van der Waals surface area contributed by atoms with Crippen molar-refractivity contribution in [1.29, 1.82) is 0 Å². The van der Waals surface area contributed by atoms with Crippen molar-refractivity contribution in [1.82, 2.24) is 0 Å². The lowest BCUT2D eigenvalue weighted by atomic mass is 10.00. The topological polar surface area (TPSA) is 30.2 Å². The van der Waals surface area contributed by atoms with E-state index in [1.54, 1.807) is 6.07 Å². The molecule has 0 amide bonds. The summed E-state index contributed by atoms with van der Waals surface area (Å²) in [5.41, 5.74) is 3.30. The predicted molar refractivity (Wildman–Crippen MR) is 92.5 cm³/mol. The van der Waals surface area contributed by atoms with Crippen LogP contribution in [0.2, 0.25) is 0 Å². The second kappa shape index (κ2) is 5.58. The lowest BCUT2D eigenvalue weighted by Gasteiger charge is -2.05. The summed E-state index contributed by atoms with van der Waals surface area (Å²) in [4.78, 5) is 10.7. The van der Waals surface area contributed by atoms with Gasteiger partial charge in [-0.05, 0) is 40.1 Å². The summed E-state index contributed by atoms with van der Waals surface area (Å²) in [5.74, 6) is 1.05. The number of aldehydes is 1. The van der Waals surface area contributed by atoms with E-state index in [0.717, 1.165) is 11.1 Å². The Kier molecular flexibility index (Phi) is 3.28. The van der Waals surface area contributed by atoms with Gasteiger partial charge in [0, 0.05) is 5.56 Å². The molecule has 0 N–H and O–H groups in total. The van der Waals surface area contributed by atoms with Gasteiger partial charge in [0.2, 0.25) is 0 Å². The Balaban J connectivity index is 1.70. The van der Waals surface area contributed by atoms with Crippen molar-refractivity contribution in [3.63, 3.8) is 0 Å². The number of carbonyl (C=O) groups excluding carboxylic acids is 1. The van der Waals surface area contributed by atoms with Crippen molar-refractivity contribution < 1.29 is 9.21 Å². The van der Waals surface area contributed by atoms with E-state index in [2.05, 4.69) is 48.5 Å². The normalized spacial score (nSPS) is 10.8. The largest absolute Gasteiger partial charge is 0.453 e. The quantitative estimate of drug-likeness (QED) is 0.462. The first kappa shape index (κ1) is 13.5. The molecule has 4 rings (SSSR count). The highest BCUT2D eigenvalue weighted by atomic mass is 16.3. The highest BCUT2D eigenvalue weighted by molar-refractivity contribution is 5.87. The monoisotopic (exact) mass is 298 g/mol. The summed E-state index contributed by atoms with van der Waals surface area (Å²) in [6.45, 7) is 0. The Morgan fingerprint density at radius 1 is 0.652 bits per heavy atom. The Labute approximate surface area is 134 Å². The zero-order valence-electron chi connectivity index (χ0n) is 12.4. The van der Waals surface area contributed by atoms with Crippen molar-refractivity contribution >= 4 is 17.1 Å². The average molecular weight is 298 g/mol. The number of hydrogen-bond donors (Lipinski definition) is 0. The zero-order chi connectivity index (χ0) is 15.6. The maximum atomic E-state index is 10.7. The molecule has 4 aromatic rings. The number of rotatable bonds is 3. The van der Waals surface area contributed by atoms with E-state index < -0.39 is 0 Å². The maximum absolute atomic E-state index is 10.7. The standard InChI is InChI=1S/C21H14O2/c22-14-20-11-12-21(23-20)17-8-5-16(6-9-17)19-10-7-15-3-1-2-4-18(15)13-19/h1-14H. The van der Waals surface area contributed by atoms with Crippen LogP contribution in [-0.4, -0.2) is 6.29 Å². The van der Waals surface area contributed by atoms with Crippen molar-refractivity contribution in [2.75, 3.05) is 0 Å². The van der Waals surface area contributed by atoms with Crippen LogP contribution in [0.5, 0.6) is 0 Å². The second-order valence-electron chi connectivity index (χ2n) is 5.46. The van der Waals surface area contributed by atoms with Crippen LogP contribution in [0.15, 0.2) is 83.3 Å². The molecule has 1 heterocycles. The minimum Gasteiger partial charge on any atom is -0.453 e. The van der Waals surface area contributed by atoms with Crippen LogP contribution in [0, 0.1) is 0 Å². The first-order chi connectivity index (χ1) is 11.3. The van der Waals surface area contributed by atoms with Crippen LogP contribution in [-0.2, 0) is 0 Å². The van der Waals surface area contributed by atoms with Crippen LogP contribution in [0.3, 0.4) is 0 Å². The van der Waals surface area contributed by atoms with Crippen molar-refractivity contribution in [2.45, 2.75) is 0 Å². The Morgan fingerprint density at radius 3 is 2.09 bits per heavy atom. The Morgan fingerprint density at radius 2 is 1.35 bits per heavy atom. The molecular formula is C21H14O2. The molecule has 0 spiro atoms. The summed E-state index contributed by atoms with van der Waals surface area (Å²) in [6.07, 6.45) is 0.715. The Hall–Kier alpha value is -3.13. The smallest absolute Gasteiger partial charge is 0.185 e. The van der Waals surface area contributed by atoms with Crippen LogP contribution in [0.4, 0.5) is 0 Å². The molecule has 0 atom stereocenters. The molecule has 0 unspecified atom stereocenters. The van der Waals surface area contributed by atoms with Crippen molar-refractivity contribution in [2.24, 2.45) is 0 Å². The molecule has 0 aliphatic heterocycles. The second-order valence-corrected chi connectivity index (χ2v) is 5.46. The van der Waals surface area contributed by atoms with Crippen LogP contribution in [0.1, 0.15) is 10.6 Å². The zero-order valence-corrected chi connectivity index (χ0v) is 12.4. The molecule has 0 bridgehead atoms. The van der Waals surface area contributed by atoms with E-state index in [-0.39, 0.29) is 0 Å². The van der Waals surface area contributed by atoms with Gasteiger partial charge in [-0.25, -0.2) is 0 Å². The molecular weight excluding hydrogens is 284 g/mol. The lowest BCUT2D eigenvalue weighted by Crippen LogP contribution is -1.80. The molecule has 0 saturated heterocycles. The van der Waals surface area contributed by atoms with Gasteiger partial charge in [0.05, 0.1) is 0 Å². The summed E-state index contributed by atoms with van der Waals surface area (Å²) in [6, 6.07) is 26.5. The molecule has 23 heavy (non-hydrogen) atoms. The SMILES string of the molecule is O=Cc1ccc(-c2ccc(-c3ccc4ccccc4c3)cc2)o1. The van der Waals surface area contributed by atoms with Crippen LogP contribution >= 0.6 is 0 Å². The van der Waals surface area contributed by atoms with E-state index in [4.69, 9.17) is 4.42 Å².